The summed E-state index contributed by atoms with van der Waals surface area (Å²) in [7, 11) is 0. The molecule has 2 rings (SSSR count). The molecule has 0 spiro atoms. The van der Waals surface area contributed by atoms with Gasteiger partial charge in [0, 0.05) is 18.7 Å². The van der Waals surface area contributed by atoms with Crippen molar-refractivity contribution in [1.82, 2.24) is 15.5 Å². The molecule has 1 aromatic carbocycles. The van der Waals surface area contributed by atoms with E-state index in [0.29, 0.717) is 24.9 Å². The highest BCUT2D eigenvalue weighted by Gasteiger charge is 2.39. The summed E-state index contributed by atoms with van der Waals surface area (Å²) in [5.41, 5.74) is 6.33. The summed E-state index contributed by atoms with van der Waals surface area (Å²) in [6.45, 7) is 3.88. The van der Waals surface area contributed by atoms with Crippen molar-refractivity contribution in [3.8, 4) is 5.75 Å². The summed E-state index contributed by atoms with van der Waals surface area (Å²) in [6, 6.07) is 2.26. The molecule has 0 aliphatic carbocycles. The lowest BCUT2D eigenvalue weighted by Gasteiger charge is -2.31. The summed E-state index contributed by atoms with van der Waals surface area (Å²) in [6.07, 6.45) is 0.987. The van der Waals surface area contributed by atoms with Crippen molar-refractivity contribution in [3.63, 3.8) is 0 Å². The Kier molecular flexibility index (Phi) is 9.54. The van der Waals surface area contributed by atoms with Crippen LogP contribution in [0.2, 0.25) is 0 Å². The number of hydrogen-bond acceptors (Lipinski definition) is 7. The summed E-state index contributed by atoms with van der Waals surface area (Å²) < 4.78 is 0. The number of nitrogens with two attached hydrogens (primary N) is 1. The van der Waals surface area contributed by atoms with E-state index in [1.165, 1.54) is 17.0 Å². The molecule has 3 amide bonds. The van der Waals surface area contributed by atoms with Gasteiger partial charge >= 0.3 is 5.97 Å². The number of hydrogen-bond donors (Lipinski definition) is 6. The van der Waals surface area contributed by atoms with Gasteiger partial charge in [-0.05, 0) is 36.5 Å². The van der Waals surface area contributed by atoms with Gasteiger partial charge in [0.15, 0.2) is 0 Å². The smallest absolute Gasteiger partial charge is 0.326 e. The maximum absolute atomic E-state index is 13.2. The molecule has 1 aliphatic rings. The van der Waals surface area contributed by atoms with E-state index in [-0.39, 0.29) is 23.8 Å². The molecule has 1 heterocycles. The summed E-state index contributed by atoms with van der Waals surface area (Å²) in [4.78, 5) is 51.5. The van der Waals surface area contributed by atoms with E-state index in [1.807, 2.05) is 0 Å². The number of benzene rings is 1. The first-order valence-corrected chi connectivity index (χ1v) is 11.5. The zero-order chi connectivity index (χ0) is 24.7. The van der Waals surface area contributed by atoms with E-state index in [9.17, 15) is 29.4 Å². The monoisotopic (exact) mass is 480 g/mol. The topological polar surface area (TPSA) is 162 Å². The maximum Gasteiger partial charge on any atom is 0.326 e. The van der Waals surface area contributed by atoms with E-state index in [4.69, 9.17) is 5.73 Å². The van der Waals surface area contributed by atoms with Crippen molar-refractivity contribution in [2.45, 2.75) is 57.3 Å². The molecule has 0 bridgehead atoms. The number of nitrogens with one attached hydrogen (secondary N) is 2. The molecule has 1 aromatic rings. The van der Waals surface area contributed by atoms with Crippen LogP contribution >= 0.6 is 12.6 Å². The molecule has 0 saturated carbocycles. The molecular weight excluding hydrogens is 448 g/mol. The number of phenolic OH excluding ortho intramolecular Hbond substituents is 1. The molecule has 1 saturated heterocycles. The number of aliphatic carboxylic acids is 1. The predicted molar refractivity (Wildman–Crippen MR) is 125 cm³/mol. The van der Waals surface area contributed by atoms with E-state index >= 15 is 0 Å². The quantitative estimate of drug-likeness (QED) is 0.255. The van der Waals surface area contributed by atoms with E-state index < -0.39 is 47.9 Å². The zero-order valence-electron chi connectivity index (χ0n) is 18.7. The molecule has 0 radical (unpaired) electrons. The Balaban J connectivity index is 2.11. The Morgan fingerprint density at radius 3 is 2.36 bits per heavy atom. The Morgan fingerprint density at radius 1 is 1.18 bits per heavy atom. The fraction of sp³-hybridized carbons (Fsp3) is 0.545. The second-order valence-electron chi connectivity index (χ2n) is 8.48. The number of likely N-dealkylation sites (tertiary alicyclic amines) is 1. The lowest BCUT2D eigenvalue weighted by Crippen LogP contribution is -2.58. The molecule has 1 aliphatic heterocycles. The number of carbonyl (C=O) groups is 4. The van der Waals surface area contributed by atoms with Gasteiger partial charge in [-0.15, -0.1) is 0 Å². The Morgan fingerprint density at radius 2 is 1.82 bits per heavy atom. The van der Waals surface area contributed by atoms with Crippen LogP contribution in [-0.2, 0) is 25.6 Å². The van der Waals surface area contributed by atoms with Gasteiger partial charge in [0.25, 0.3) is 0 Å². The molecular formula is C22H32N4O6S. The van der Waals surface area contributed by atoms with Crippen molar-refractivity contribution in [2.24, 2.45) is 11.7 Å². The highest BCUT2D eigenvalue weighted by atomic mass is 32.1. The molecule has 0 aromatic heterocycles. The number of thiol groups is 1. The van der Waals surface area contributed by atoms with Crippen LogP contribution in [0.3, 0.4) is 0 Å². The van der Waals surface area contributed by atoms with Crippen molar-refractivity contribution in [1.29, 1.82) is 0 Å². The number of nitrogens with zero attached hydrogens (tertiary/aromatic N) is 1. The molecule has 1 fully saturated rings. The second kappa shape index (κ2) is 11.9. The number of amides is 3. The van der Waals surface area contributed by atoms with Gasteiger partial charge < -0.3 is 31.5 Å². The van der Waals surface area contributed by atoms with Gasteiger partial charge in [0.1, 0.15) is 23.9 Å². The third kappa shape index (κ3) is 7.10. The number of phenols is 1. The average molecular weight is 481 g/mol. The highest BCUT2D eigenvalue weighted by Crippen LogP contribution is 2.21. The number of carboxylic acids is 1. The molecule has 10 nitrogen and oxygen atoms in total. The first-order valence-electron chi connectivity index (χ1n) is 10.8. The van der Waals surface area contributed by atoms with Crippen molar-refractivity contribution >= 4 is 36.3 Å². The van der Waals surface area contributed by atoms with Crippen LogP contribution in [-0.4, -0.2) is 75.3 Å². The third-order valence-corrected chi connectivity index (χ3v) is 5.99. The molecule has 11 heteroatoms. The van der Waals surface area contributed by atoms with E-state index in [1.54, 1.807) is 26.0 Å². The number of rotatable bonds is 10. The van der Waals surface area contributed by atoms with E-state index in [2.05, 4.69) is 23.3 Å². The molecule has 6 N–H and O–H groups in total. The Labute approximate surface area is 198 Å². The Bertz CT molecular complexity index is 863. The molecule has 4 unspecified atom stereocenters. The van der Waals surface area contributed by atoms with Crippen molar-refractivity contribution in [3.05, 3.63) is 29.8 Å². The second-order valence-corrected chi connectivity index (χ2v) is 8.84. The normalized spacial score (nSPS) is 18.5. The average Bonchev–Trinajstić information content (AvgIpc) is 3.27. The van der Waals surface area contributed by atoms with Crippen LogP contribution in [0.5, 0.6) is 5.75 Å². The van der Waals surface area contributed by atoms with Crippen LogP contribution < -0.4 is 16.4 Å². The SMILES string of the molecule is CC(C)C(NC(=O)C(N)CS)C(=O)N1CCCC1C(=O)NC(Cc1ccc(O)cc1)C(=O)O. The largest absolute Gasteiger partial charge is 0.508 e. The lowest BCUT2D eigenvalue weighted by atomic mass is 10.0. The van der Waals surface area contributed by atoms with Gasteiger partial charge in [-0.3, -0.25) is 14.4 Å². The van der Waals surface area contributed by atoms with Gasteiger partial charge in [0.2, 0.25) is 17.7 Å². The van der Waals surface area contributed by atoms with Gasteiger partial charge in [-0.25, -0.2) is 4.79 Å². The molecule has 33 heavy (non-hydrogen) atoms. The van der Waals surface area contributed by atoms with E-state index in [0.717, 1.165) is 0 Å². The van der Waals surface area contributed by atoms with Crippen LogP contribution in [0.15, 0.2) is 24.3 Å². The predicted octanol–water partition coefficient (Wildman–Crippen LogP) is -0.107. The maximum atomic E-state index is 13.2. The highest BCUT2D eigenvalue weighted by molar-refractivity contribution is 7.80. The van der Waals surface area contributed by atoms with Crippen molar-refractivity contribution < 1.29 is 29.4 Å². The van der Waals surface area contributed by atoms with Gasteiger partial charge in [0.05, 0.1) is 6.04 Å². The summed E-state index contributed by atoms with van der Waals surface area (Å²) in [5.74, 6) is -2.76. The van der Waals surface area contributed by atoms with Crippen LogP contribution in [0.1, 0.15) is 32.3 Å². The minimum atomic E-state index is -1.21. The fourth-order valence-corrected chi connectivity index (χ4v) is 3.84. The number of carbonyl (C=O) groups excluding carboxylic acids is 3. The van der Waals surface area contributed by atoms with Crippen molar-refractivity contribution in [2.75, 3.05) is 12.3 Å². The fourth-order valence-electron chi connectivity index (χ4n) is 3.67. The number of carboxylic acid groups (broad SMARTS) is 1. The standard InChI is InChI=1S/C22H32N4O6S/c1-12(2)18(25-19(28)15(23)11-33)21(30)26-9-3-4-17(26)20(29)24-16(22(31)32)10-13-5-7-14(27)8-6-13/h5-8,12,15-18,27,33H,3-4,9-11,23H2,1-2H3,(H,24,29)(H,25,28)(H,31,32). The third-order valence-electron chi connectivity index (χ3n) is 5.59. The van der Waals surface area contributed by atoms with Crippen LogP contribution in [0.25, 0.3) is 0 Å². The minimum Gasteiger partial charge on any atom is -0.508 e. The molecule has 182 valence electrons. The van der Waals surface area contributed by atoms with Gasteiger partial charge in [-0.2, -0.15) is 12.6 Å². The van der Waals surface area contributed by atoms with Crippen LogP contribution in [0.4, 0.5) is 0 Å². The first-order chi connectivity index (χ1) is 15.5. The first kappa shape index (κ1) is 26.5. The Hall–Kier alpha value is -2.79. The van der Waals surface area contributed by atoms with Gasteiger partial charge in [-0.1, -0.05) is 26.0 Å². The minimum absolute atomic E-state index is 0.0221. The number of aromatic hydroxyl groups is 1. The lowest BCUT2D eigenvalue weighted by molar-refractivity contribution is -0.145. The summed E-state index contributed by atoms with van der Waals surface area (Å²) >= 11 is 4.00. The molecule has 4 atom stereocenters. The zero-order valence-corrected chi connectivity index (χ0v) is 19.6. The van der Waals surface area contributed by atoms with Crippen LogP contribution in [0, 0.1) is 5.92 Å². The summed E-state index contributed by atoms with van der Waals surface area (Å²) in [5, 5.41) is 24.2.